The van der Waals surface area contributed by atoms with Crippen LogP contribution in [0.1, 0.15) is 6.23 Å². The van der Waals surface area contributed by atoms with Crippen molar-refractivity contribution in [2.75, 3.05) is 13.2 Å². The second-order valence-corrected chi connectivity index (χ2v) is 4.57. The third-order valence-electron chi connectivity index (χ3n) is 3.30. The molecule has 0 bridgehead atoms. The fraction of sp³-hybridized carbons (Fsp3) is 0.600. The second kappa shape index (κ2) is 5.68. The van der Waals surface area contributed by atoms with Gasteiger partial charge in [-0.2, -0.15) is 0 Å². The van der Waals surface area contributed by atoms with Gasteiger partial charge in [0.2, 0.25) is 0 Å². The molecule has 21 heavy (non-hydrogen) atoms. The molecule has 0 spiro atoms. The minimum atomic E-state index is -1.73. The molecule has 1 fully saturated rings. The van der Waals surface area contributed by atoms with Crippen molar-refractivity contribution in [1.82, 2.24) is 9.55 Å². The number of azide groups is 1. The van der Waals surface area contributed by atoms with Crippen molar-refractivity contribution in [1.29, 1.82) is 0 Å². The molecular formula is C10H13N5O6. The molecule has 1 aliphatic rings. The molecular weight excluding hydrogens is 286 g/mol. The fourth-order valence-corrected chi connectivity index (χ4v) is 2.16. The average Bonchev–Trinajstić information content (AvgIpc) is 2.71. The number of rotatable bonds is 4. The van der Waals surface area contributed by atoms with Gasteiger partial charge in [0.05, 0.1) is 13.2 Å². The van der Waals surface area contributed by atoms with Crippen LogP contribution in [0.15, 0.2) is 27.0 Å². The van der Waals surface area contributed by atoms with E-state index in [-0.39, 0.29) is 0 Å². The Kier molecular flexibility index (Phi) is 4.11. The Bertz CT molecular complexity index is 679. The maximum Gasteiger partial charge on any atom is 0.330 e. The molecule has 4 atom stereocenters. The van der Waals surface area contributed by atoms with Crippen LogP contribution in [-0.4, -0.2) is 55.8 Å². The van der Waals surface area contributed by atoms with Crippen LogP contribution in [0.5, 0.6) is 0 Å². The fourth-order valence-electron chi connectivity index (χ4n) is 2.16. The highest BCUT2D eigenvalue weighted by atomic mass is 16.6. The quantitative estimate of drug-likeness (QED) is 0.279. The molecule has 2 heterocycles. The summed E-state index contributed by atoms with van der Waals surface area (Å²) < 4.78 is 6.22. The van der Waals surface area contributed by atoms with E-state index >= 15 is 0 Å². The zero-order valence-corrected chi connectivity index (χ0v) is 10.7. The van der Waals surface area contributed by atoms with Crippen molar-refractivity contribution in [2.24, 2.45) is 5.11 Å². The van der Waals surface area contributed by atoms with E-state index in [1.807, 2.05) is 4.98 Å². The van der Waals surface area contributed by atoms with E-state index in [2.05, 4.69) is 10.0 Å². The van der Waals surface area contributed by atoms with Crippen molar-refractivity contribution in [3.63, 3.8) is 0 Å². The van der Waals surface area contributed by atoms with Gasteiger partial charge in [0.15, 0.2) is 6.23 Å². The third-order valence-corrected chi connectivity index (χ3v) is 3.30. The average molecular weight is 299 g/mol. The van der Waals surface area contributed by atoms with Gasteiger partial charge in [-0.3, -0.25) is 14.3 Å². The van der Waals surface area contributed by atoms with E-state index in [9.17, 15) is 24.9 Å². The lowest BCUT2D eigenvalue weighted by Crippen LogP contribution is -2.48. The van der Waals surface area contributed by atoms with Gasteiger partial charge in [-0.25, -0.2) is 4.79 Å². The zero-order valence-electron chi connectivity index (χ0n) is 10.7. The number of ether oxygens (including phenoxy) is 1. The Morgan fingerprint density at radius 2 is 2.24 bits per heavy atom. The molecule has 1 saturated heterocycles. The first-order valence-corrected chi connectivity index (χ1v) is 5.92. The topological polar surface area (TPSA) is 174 Å². The number of nitrogens with one attached hydrogen (secondary N) is 1. The highest BCUT2D eigenvalue weighted by molar-refractivity contribution is 5.03. The van der Waals surface area contributed by atoms with Crippen molar-refractivity contribution >= 4 is 0 Å². The maximum atomic E-state index is 11.7. The van der Waals surface area contributed by atoms with E-state index in [1.54, 1.807) is 0 Å². The van der Waals surface area contributed by atoms with Crippen molar-refractivity contribution in [2.45, 2.75) is 24.0 Å². The summed E-state index contributed by atoms with van der Waals surface area (Å²) in [7, 11) is 0. The lowest BCUT2D eigenvalue weighted by molar-refractivity contribution is -0.123. The lowest BCUT2D eigenvalue weighted by Gasteiger charge is -2.27. The molecule has 1 aromatic rings. The van der Waals surface area contributed by atoms with Gasteiger partial charge >= 0.3 is 5.69 Å². The SMILES string of the molecule is [N-]=[N+]=NC[C@]1(CO)O[C@@H](n2ccc(=O)[nH]c2=O)[C@H](O)[C@@H]1O. The molecule has 0 amide bonds. The Morgan fingerprint density at radius 3 is 2.81 bits per heavy atom. The van der Waals surface area contributed by atoms with Gasteiger partial charge in [-0.15, -0.1) is 0 Å². The number of aliphatic hydroxyl groups is 3. The van der Waals surface area contributed by atoms with E-state index in [0.717, 1.165) is 16.8 Å². The molecule has 1 aliphatic heterocycles. The number of nitrogens with zero attached hydrogens (tertiary/aromatic N) is 4. The number of aliphatic hydroxyl groups excluding tert-OH is 3. The first kappa shape index (κ1) is 15.2. The standard InChI is InChI=1S/C10H13N5O6/c11-14-12-3-10(4-16)7(19)6(18)8(21-10)15-2-1-5(17)13-9(15)20/h1-2,6-8,16,18-19H,3-4H2,(H,13,17,20)/t6-,7+,8-,10-/m1/s1. The van der Waals surface area contributed by atoms with E-state index in [4.69, 9.17) is 10.3 Å². The summed E-state index contributed by atoms with van der Waals surface area (Å²) in [5.74, 6) is 0. The largest absolute Gasteiger partial charge is 0.393 e. The predicted molar refractivity (Wildman–Crippen MR) is 67.3 cm³/mol. The van der Waals surface area contributed by atoms with E-state index < -0.39 is 48.4 Å². The minimum Gasteiger partial charge on any atom is -0.393 e. The number of hydrogen-bond donors (Lipinski definition) is 4. The van der Waals surface area contributed by atoms with Crippen LogP contribution in [0.4, 0.5) is 0 Å². The second-order valence-electron chi connectivity index (χ2n) is 4.57. The van der Waals surface area contributed by atoms with Crippen molar-refractivity contribution < 1.29 is 20.1 Å². The number of aromatic nitrogens is 2. The molecule has 0 saturated carbocycles. The summed E-state index contributed by atoms with van der Waals surface area (Å²) in [6, 6.07) is 1.04. The van der Waals surface area contributed by atoms with Gasteiger partial charge in [0.25, 0.3) is 5.56 Å². The van der Waals surface area contributed by atoms with Gasteiger partial charge < -0.3 is 20.1 Å². The van der Waals surface area contributed by atoms with Crippen LogP contribution < -0.4 is 11.2 Å². The normalized spacial score (nSPS) is 31.9. The van der Waals surface area contributed by atoms with E-state index in [0.29, 0.717) is 0 Å². The molecule has 4 N–H and O–H groups in total. The zero-order chi connectivity index (χ0) is 15.6. The monoisotopic (exact) mass is 299 g/mol. The molecule has 0 aliphatic carbocycles. The minimum absolute atomic E-state index is 0.438. The third kappa shape index (κ3) is 2.55. The summed E-state index contributed by atoms with van der Waals surface area (Å²) in [6.45, 7) is -1.17. The van der Waals surface area contributed by atoms with Crippen LogP contribution in [0.2, 0.25) is 0 Å². The first-order valence-electron chi connectivity index (χ1n) is 5.92. The molecule has 11 heteroatoms. The summed E-state index contributed by atoms with van der Waals surface area (Å²) in [5.41, 5.74) is 5.11. The molecule has 1 aromatic heterocycles. The van der Waals surface area contributed by atoms with Crippen LogP contribution in [0.3, 0.4) is 0 Å². The number of hydrogen-bond acceptors (Lipinski definition) is 7. The molecule has 0 radical (unpaired) electrons. The van der Waals surface area contributed by atoms with Gasteiger partial charge in [0.1, 0.15) is 17.8 Å². The van der Waals surface area contributed by atoms with Crippen LogP contribution in [0.25, 0.3) is 10.4 Å². The molecule has 2 rings (SSSR count). The number of aromatic amines is 1. The summed E-state index contributed by atoms with van der Waals surface area (Å²) >= 11 is 0. The number of H-pyrrole nitrogens is 1. The Balaban J connectivity index is 2.41. The van der Waals surface area contributed by atoms with E-state index in [1.165, 1.54) is 0 Å². The lowest BCUT2D eigenvalue weighted by atomic mass is 9.96. The highest BCUT2D eigenvalue weighted by Crippen LogP contribution is 2.36. The molecule has 0 aromatic carbocycles. The maximum absolute atomic E-state index is 11.7. The summed E-state index contributed by atoms with van der Waals surface area (Å²) in [4.78, 5) is 27.2. The van der Waals surface area contributed by atoms with Gasteiger partial charge in [-0.1, -0.05) is 5.11 Å². The molecule has 11 nitrogen and oxygen atoms in total. The summed E-state index contributed by atoms with van der Waals surface area (Å²) in [5, 5.41) is 32.6. The van der Waals surface area contributed by atoms with Crippen LogP contribution in [-0.2, 0) is 4.74 Å². The van der Waals surface area contributed by atoms with Crippen LogP contribution in [0, 0.1) is 0 Å². The predicted octanol–water partition coefficient (Wildman–Crippen LogP) is -2.17. The summed E-state index contributed by atoms with van der Waals surface area (Å²) in [6.07, 6.45) is -3.40. The first-order chi connectivity index (χ1) is 9.95. The van der Waals surface area contributed by atoms with Crippen molar-refractivity contribution in [3.8, 4) is 0 Å². The highest BCUT2D eigenvalue weighted by Gasteiger charge is 2.54. The Labute approximate surface area is 116 Å². The Hall–Kier alpha value is -2.17. The molecule has 114 valence electrons. The smallest absolute Gasteiger partial charge is 0.330 e. The van der Waals surface area contributed by atoms with Crippen molar-refractivity contribution in [3.05, 3.63) is 43.5 Å². The van der Waals surface area contributed by atoms with Gasteiger partial charge in [-0.05, 0) is 5.53 Å². The van der Waals surface area contributed by atoms with Crippen LogP contribution >= 0.6 is 0 Å². The Morgan fingerprint density at radius 1 is 1.52 bits per heavy atom. The van der Waals surface area contributed by atoms with Gasteiger partial charge in [0, 0.05) is 17.2 Å². The molecule has 0 unspecified atom stereocenters.